The number of hydrogen-bond acceptors (Lipinski definition) is 6. The molecular formula is C12H19N5O2. The van der Waals surface area contributed by atoms with Crippen molar-refractivity contribution in [3.8, 4) is 11.6 Å². The first-order valence-corrected chi connectivity index (χ1v) is 6.18. The first-order chi connectivity index (χ1) is 8.91. The van der Waals surface area contributed by atoms with Gasteiger partial charge < -0.3 is 15.0 Å². The van der Waals surface area contributed by atoms with E-state index in [4.69, 9.17) is 15.0 Å². The quantitative estimate of drug-likeness (QED) is 0.878. The van der Waals surface area contributed by atoms with Crippen molar-refractivity contribution in [2.45, 2.75) is 33.8 Å². The lowest BCUT2D eigenvalue weighted by Gasteiger charge is -2.27. The molecule has 0 aliphatic heterocycles. The second-order valence-corrected chi connectivity index (χ2v) is 5.37. The second kappa shape index (κ2) is 5.00. The molecule has 0 spiro atoms. The predicted molar refractivity (Wildman–Crippen MR) is 70.1 cm³/mol. The molecule has 2 aromatic heterocycles. The van der Waals surface area contributed by atoms with Crippen molar-refractivity contribution < 1.29 is 9.26 Å². The molecule has 7 heteroatoms. The topological polar surface area (TPSA) is 103 Å². The lowest BCUT2D eigenvalue weighted by atomic mass is 9.88. The fourth-order valence-corrected chi connectivity index (χ4v) is 1.78. The van der Waals surface area contributed by atoms with Crippen LogP contribution in [-0.2, 0) is 4.74 Å². The van der Waals surface area contributed by atoms with E-state index in [0.29, 0.717) is 29.8 Å². The van der Waals surface area contributed by atoms with E-state index in [0.717, 1.165) is 0 Å². The monoisotopic (exact) mass is 265 g/mol. The number of ether oxygens (including phenoxy) is 1. The SMILES string of the molecule is CCOC(c1noc(-c2cc(N)n[nH]2)n1)C(C)(C)C. The molecule has 3 N–H and O–H groups in total. The number of nitrogen functional groups attached to an aromatic ring is 1. The minimum Gasteiger partial charge on any atom is -0.382 e. The molecule has 2 heterocycles. The average Bonchev–Trinajstić information content (AvgIpc) is 2.92. The Hall–Kier alpha value is -1.89. The Bertz CT molecular complexity index is 540. The highest BCUT2D eigenvalue weighted by Gasteiger charge is 2.31. The summed E-state index contributed by atoms with van der Waals surface area (Å²) in [5.41, 5.74) is 6.02. The van der Waals surface area contributed by atoms with Gasteiger partial charge in [0.1, 0.15) is 17.6 Å². The standard InChI is InChI=1S/C12H19N5O2/c1-5-18-9(12(2,3)4)10-14-11(19-17-10)7-6-8(13)16-15-7/h6,9H,5H2,1-4H3,(H3,13,15,16). The molecule has 1 unspecified atom stereocenters. The number of aromatic amines is 1. The molecule has 19 heavy (non-hydrogen) atoms. The number of hydrogen-bond donors (Lipinski definition) is 2. The smallest absolute Gasteiger partial charge is 0.276 e. The Morgan fingerprint density at radius 3 is 2.74 bits per heavy atom. The van der Waals surface area contributed by atoms with E-state index in [-0.39, 0.29) is 11.5 Å². The van der Waals surface area contributed by atoms with Crippen LogP contribution in [-0.4, -0.2) is 26.9 Å². The predicted octanol–water partition coefficient (Wildman–Crippen LogP) is 2.17. The number of nitrogens with two attached hydrogens (primary N) is 1. The Balaban J connectivity index is 2.28. The highest BCUT2D eigenvalue weighted by molar-refractivity contribution is 5.51. The normalized spacial score (nSPS) is 13.7. The summed E-state index contributed by atoms with van der Waals surface area (Å²) in [5, 5.41) is 10.5. The van der Waals surface area contributed by atoms with E-state index >= 15 is 0 Å². The summed E-state index contributed by atoms with van der Waals surface area (Å²) >= 11 is 0. The minimum atomic E-state index is -0.227. The van der Waals surface area contributed by atoms with Gasteiger partial charge in [-0.3, -0.25) is 5.10 Å². The van der Waals surface area contributed by atoms with Crippen LogP contribution in [0.3, 0.4) is 0 Å². The number of rotatable bonds is 4. The lowest BCUT2D eigenvalue weighted by molar-refractivity contribution is -0.0203. The van der Waals surface area contributed by atoms with Crippen LogP contribution in [0.25, 0.3) is 11.6 Å². The molecule has 2 rings (SSSR count). The van der Waals surface area contributed by atoms with Crippen LogP contribution in [0.15, 0.2) is 10.6 Å². The molecule has 0 amide bonds. The molecular weight excluding hydrogens is 246 g/mol. The first-order valence-electron chi connectivity index (χ1n) is 6.18. The van der Waals surface area contributed by atoms with E-state index < -0.39 is 0 Å². The zero-order chi connectivity index (χ0) is 14.0. The van der Waals surface area contributed by atoms with Crippen LogP contribution < -0.4 is 5.73 Å². The largest absolute Gasteiger partial charge is 0.382 e. The number of nitrogens with one attached hydrogen (secondary N) is 1. The lowest BCUT2D eigenvalue weighted by Crippen LogP contribution is -2.22. The van der Waals surface area contributed by atoms with Gasteiger partial charge in [-0.05, 0) is 12.3 Å². The molecule has 2 aromatic rings. The molecule has 0 bridgehead atoms. The Labute approximate surface area is 111 Å². The first kappa shape index (κ1) is 13.5. The Morgan fingerprint density at radius 2 is 2.21 bits per heavy atom. The number of nitrogens with zero attached hydrogens (tertiary/aromatic N) is 3. The summed E-state index contributed by atoms with van der Waals surface area (Å²) in [6, 6.07) is 1.64. The number of anilines is 1. The van der Waals surface area contributed by atoms with Crippen molar-refractivity contribution in [2.24, 2.45) is 5.41 Å². The number of aromatic nitrogens is 4. The second-order valence-electron chi connectivity index (χ2n) is 5.37. The molecule has 0 aliphatic rings. The van der Waals surface area contributed by atoms with Gasteiger partial charge in [0.15, 0.2) is 0 Å². The van der Waals surface area contributed by atoms with Crippen LogP contribution in [0.5, 0.6) is 0 Å². The third-order valence-electron chi connectivity index (χ3n) is 2.62. The van der Waals surface area contributed by atoms with Crippen LogP contribution >= 0.6 is 0 Å². The molecule has 7 nitrogen and oxygen atoms in total. The molecule has 0 aliphatic carbocycles. The molecule has 0 saturated heterocycles. The van der Waals surface area contributed by atoms with Crippen molar-refractivity contribution in [3.05, 3.63) is 11.9 Å². The van der Waals surface area contributed by atoms with Gasteiger partial charge >= 0.3 is 0 Å². The van der Waals surface area contributed by atoms with Gasteiger partial charge in [-0.2, -0.15) is 10.1 Å². The summed E-state index contributed by atoms with van der Waals surface area (Å²) in [7, 11) is 0. The van der Waals surface area contributed by atoms with Crippen LogP contribution in [0.4, 0.5) is 5.82 Å². The summed E-state index contributed by atoms with van der Waals surface area (Å²) in [6.45, 7) is 8.73. The molecule has 0 aromatic carbocycles. The van der Waals surface area contributed by atoms with Gasteiger partial charge in [0.25, 0.3) is 5.89 Å². The Morgan fingerprint density at radius 1 is 1.47 bits per heavy atom. The van der Waals surface area contributed by atoms with Gasteiger partial charge in [-0.15, -0.1) is 0 Å². The molecule has 0 radical (unpaired) electrons. The zero-order valence-corrected chi connectivity index (χ0v) is 11.6. The maximum Gasteiger partial charge on any atom is 0.276 e. The summed E-state index contributed by atoms with van der Waals surface area (Å²) in [6.07, 6.45) is -0.227. The third kappa shape index (κ3) is 2.93. The van der Waals surface area contributed by atoms with Gasteiger partial charge in [0.2, 0.25) is 5.82 Å². The maximum absolute atomic E-state index is 5.71. The van der Waals surface area contributed by atoms with E-state index in [1.807, 2.05) is 6.92 Å². The minimum absolute atomic E-state index is 0.121. The van der Waals surface area contributed by atoms with E-state index in [9.17, 15) is 0 Å². The Kier molecular flexibility index (Phi) is 3.57. The zero-order valence-electron chi connectivity index (χ0n) is 11.6. The van der Waals surface area contributed by atoms with E-state index in [1.54, 1.807) is 6.07 Å². The average molecular weight is 265 g/mol. The highest BCUT2D eigenvalue weighted by atomic mass is 16.5. The molecule has 0 fully saturated rings. The third-order valence-corrected chi connectivity index (χ3v) is 2.62. The van der Waals surface area contributed by atoms with Gasteiger partial charge in [0.05, 0.1) is 0 Å². The highest BCUT2D eigenvalue weighted by Crippen LogP contribution is 2.35. The van der Waals surface area contributed by atoms with Crippen LogP contribution in [0.2, 0.25) is 0 Å². The molecule has 104 valence electrons. The van der Waals surface area contributed by atoms with Crippen molar-refractivity contribution >= 4 is 5.82 Å². The van der Waals surface area contributed by atoms with Crippen LogP contribution in [0, 0.1) is 5.41 Å². The van der Waals surface area contributed by atoms with Gasteiger partial charge in [-0.25, -0.2) is 0 Å². The maximum atomic E-state index is 5.71. The fraction of sp³-hybridized carbons (Fsp3) is 0.583. The molecule has 1 atom stereocenters. The summed E-state index contributed by atoms with van der Waals surface area (Å²) < 4.78 is 10.9. The van der Waals surface area contributed by atoms with Crippen LogP contribution in [0.1, 0.15) is 39.6 Å². The molecule has 0 saturated carbocycles. The van der Waals surface area contributed by atoms with E-state index in [1.165, 1.54) is 0 Å². The van der Waals surface area contributed by atoms with Crippen molar-refractivity contribution in [1.82, 2.24) is 20.3 Å². The van der Waals surface area contributed by atoms with Gasteiger partial charge in [-0.1, -0.05) is 25.9 Å². The van der Waals surface area contributed by atoms with Crippen molar-refractivity contribution in [1.29, 1.82) is 0 Å². The fourth-order valence-electron chi connectivity index (χ4n) is 1.78. The summed E-state index contributed by atoms with van der Waals surface area (Å²) in [4.78, 5) is 4.35. The summed E-state index contributed by atoms with van der Waals surface area (Å²) in [5.74, 6) is 1.26. The van der Waals surface area contributed by atoms with Crippen molar-refractivity contribution in [2.75, 3.05) is 12.3 Å². The van der Waals surface area contributed by atoms with Gasteiger partial charge in [0, 0.05) is 12.7 Å². The van der Waals surface area contributed by atoms with E-state index in [2.05, 4.69) is 41.1 Å². The number of H-pyrrole nitrogens is 1. The van der Waals surface area contributed by atoms with Crippen molar-refractivity contribution in [3.63, 3.8) is 0 Å².